The standard InChI is InChI=1S/C25H23NO4S/c1-2-30-25(27)11-10-20-15-21(12-14-31(28,29)24-8-4-3-5-9-24)17-23(16-20)18-22-7-6-13-26-19-22/h3-17,19H,2,18H2,1H3. The first-order valence-electron chi connectivity index (χ1n) is 9.82. The topological polar surface area (TPSA) is 73.3 Å². The van der Waals surface area contributed by atoms with Crippen molar-refractivity contribution in [1.82, 2.24) is 4.98 Å². The largest absolute Gasteiger partial charge is 0.463 e. The van der Waals surface area contributed by atoms with Gasteiger partial charge < -0.3 is 4.74 Å². The molecular formula is C25H23NO4S. The van der Waals surface area contributed by atoms with Gasteiger partial charge >= 0.3 is 5.97 Å². The summed E-state index contributed by atoms with van der Waals surface area (Å²) in [5, 5.41) is 1.20. The molecule has 0 saturated carbocycles. The van der Waals surface area contributed by atoms with Crippen molar-refractivity contribution in [3.05, 3.63) is 107 Å². The minimum atomic E-state index is -3.56. The Morgan fingerprint density at radius 3 is 2.39 bits per heavy atom. The van der Waals surface area contributed by atoms with E-state index in [2.05, 4.69) is 4.98 Å². The minimum absolute atomic E-state index is 0.236. The molecule has 1 heterocycles. The molecule has 0 saturated heterocycles. The van der Waals surface area contributed by atoms with Crippen molar-refractivity contribution in [2.75, 3.05) is 6.61 Å². The van der Waals surface area contributed by atoms with E-state index >= 15 is 0 Å². The van der Waals surface area contributed by atoms with Crippen LogP contribution in [0.1, 0.15) is 29.2 Å². The number of rotatable bonds is 8. The predicted octanol–water partition coefficient (Wildman–Crippen LogP) is 4.69. The number of benzene rings is 2. The van der Waals surface area contributed by atoms with Gasteiger partial charge in [-0.2, -0.15) is 0 Å². The molecular weight excluding hydrogens is 410 g/mol. The monoisotopic (exact) mass is 433 g/mol. The number of hydrogen-bond donors (Lipinski definition) is 0. The molecule has 3 aromatic rings. The average molecular weight is 434 g/mol. The van der Waals surface area contributed by atoms with E-state index in [1.807, 2.05) is 30.3 Å². The highest BCUT2D eigenvalue weighted by atomic mass is 32.2. The first-order valence-corrected chi connectivity index (χ1v) is 11.4. The summed E-state index contributed by atoms with van der Waals surface area (Å²) >= 11 is 0. The fourth-order valence-electron chi connectivity index (χ4n) is 2.99. The van der Waals surface area contributed by atoms with E-state index in [9.17, 15) is 13.2 Å². The lowest BCUT2D eigenvalue weighted by Gasteiger charge is -2.06. The first kappa shape index (κ1) is 22.2. The summed E-state index contributed by atoms with van der Waals surface area (Å²) in [4.78, 5) is 16.1. The van der Waals surface area contributed by atoms with Crippen molar-refractivity contribution in [2.24, 2.45) is 0 Å². The zero-order valence-corrected chi connectivity index (χ0v) is 18.0. The summed E-state index contributed by atoms with van der Waals surface area (Å²) < 4.78 is 30.1. The van der Waals surface area contributed by atoms with Crippen LogP contribution in [-0.2, 0) is 25.8 Å². The lowest BCUT2D eigenvalue weighted by Crippen LogP contribution is -1.99. The van der Waals surface area contributed by atoms with Gasteiger partial charge in [0.25, 0.3) is 0 Å². The van der Waals surface area contributed by atoms with Crippen LogP contribution in [0.15, 0.2) is 89.4 Å². The van der Waals surface area contributed by atoms with Gasteiger partial charge in [-0.25, -0.2) is 13.2 Å². The van der Waals surface area contributed by atoms with E-state index in [4.69, 9.17) is 4.74 Å². The van der Waals surface area contributed by atoms with Gasteiger partial charge in [0.2, 0.25) is 0 Å². The fraction of sp³-hybridized carbons (Fsp3) is 0.120. The summed E-state index contributed by atoms with van der Waals surface area (Å²) in [5.41, 5.74) is 3.48. The van der Waals surface area contributed by atoms with Crippen molar-refractivity contribution in [3.63, 3.8) is 0 Å². The Morgan fingerprint density at radius 1 is 0.968 bits per heavy atom. The SMILES string of the molecule is CCOC(=O)C=Cc1cc(C=CS(=O)(=O)c2ccccc2)cc(Cc2cccnc2)c1. The van der Waals surface area contributed by atoms with Crippen LogP contribution in [0.5, 0.6) is 0 Å². The van der Waals surface area contributed by atoms with Crippen LogP contribution in [0.25, 0.3) is 12.2 Å². The van der Waals surface area contributed by atoms with Crippen LogP contribution in [0, 0.1) is 0 Å². The Morgan fingerprint density at radius 2 is 1.71 bits per heavy atom. The van der Waals surface area contributed by atoms with Gasteiger partial charge in [0, 0.05) is 23.9 Å². The molecule has 1 aromatic heterocycles. The number of carbonyl (C=O) groups is 1. The lowest BCUT2D eigenvalue weighted by atomic mass is 10.0. The fourth-order valence-corrected chi connectivity index (χ4v) is 4.02. The zero-order chi connectivity index (χ0) is 22.1. The maximum absolute atomic E-state index is 12.6. The molecule has 5 nitrogen and oxygen atoms in total. The third-order valence-corrected chi connectivity index (χ3v) is 5.80. The van der Waals surface area contributed by atoms with Crippen molar-refractivity contribution >= 4 is 28.0 Å². The van der Waals surface area contributed by atoms with Crippen LogP contribution >= 0.6 is 0 Å². The van der Waals surface area contributed by atoms with Crippen molar-refractivity contribution in [2.45, 2.75) is 18.2 Å². The quantitative estimate of drug-likeness (QED) is 0.380. The molecule has 0 aliphatic heterocycles. The van der Waals surface area contributed by atoms with E-state index in [0.717, 1.165) is 16.7 Å². The first-order chi connectivity index (χ1) is 15.0. The molecule has 0 unspecified atom stereocenters. The van der Waals surface area contributed by atoms with Crippen LogP contribution in [0.4, 0.5) is 0 Å². The summed E-state index contributed by atoms with van der Waals surface area (Å²) in [6.45, 7) is 2.05. The number of nitrogens with zero attached hydrogens (tertiary/aromatic N) is 1. The van der Waals surface area contributed by atoms with E-state index < -0.39 is 15.8 Å². The highest BCUT2D eigenvalue weighted by molar-refractivity contribution is 7.94. The molecule has 2 aromatic carbocycles. The molecule has 6 heteroatoms. The molecule has 0 aliphatic rings. The second kappa shape index (κ2) is 10.5. The molecule has 0 N–H and O–H groups in total. The Labute approximate surface area is 182 Å². The van der Waals surface area contributed by atoms with Crippen LogP contribution in [-0.4, -0.2) is 26.0 Å². The van der Waals surface area contributed by atoms with Crippen LogP contribution < -0.4 is 0 Å². The molecule has 3 rings (SSSR count). The van der Waals surface area contributed by atoms with E-state index in [0.29, 0.717) is 18.6 Å². The molecule has 31 heavy (non-hydrogen) atoms. The summed E-state index contributed by atoms with van der Waals surface area (Å²) in [5.74, 6) is -0.427. The number of ether oxygens (including phenoxy) is 1. The molecule has 0 bridgehead atoms. The normalized spacial score (nSPS) is 11.8. The number of aromatic nitrogens is 1. The molecule has 158 valence electrons. The Kier molecular flexibility index (Phi) is 7.51. The van der Waals surface area contributed by atoms with Crippen molar-refractivity contribution in [1.29, 1.82) is 0 Å². The number of esters is 1. The lowest BCUT2D eigenvalue weighted by molar-refractivity contribution is -0.137. The number of hydrogen-bond acceptors (Lipinski definition) is 5. The maximum atomic E-state index is 12.6. The van der Waals surface area contributed by atoms with Gasteiger partial charge in [0.05, 0.1) is 11.5 Å². The van der Waals surface area contributed by atoms with E-state index in [1.165, 1.54) is 11.5 Å². The van der Waals surface area contributed by atoms with Gasteiger partial charge in [-0.15, -0.1) is 0 Å². The average Bonchev–Trinajstić information content (AvgIpc) is 2.78. The molecule has 0 aliphatic carbocycles. The number of sulfone groups is 1. The van der Waals surface area contributed by atoms with E-state index in [1.54, 1.807) is 61.8 Å². The summed E-state index contributed by atoms with van der Waals surface area (Å²) in [6, 6.07) is 17.8. The molecule has 0 radical (unpaired) electrons. The number of carbonyl (C=O) groups excluding carboxylic acids is 1. The van der Waals surface area contributed by atoms with Crippen molar-refractivity contribution in [3.8, 4) is 0 Å². The van der Waals surface area contributed by atoms with Crippen molar-refractivity contribution < 1.29 is 17.9 Å². The van der Waals surface area contributed by atoms with Crippen LogP contribution in [0.2, 0.25) is 0 Å². The summed E-state index contributed by atoms with van der Waals surface area (Å²) in [6.07, 6.45) is 8.72. The molecule has 0 spiro atoms. The van der Waals surface area contributed by atoms with Gasteiger partial charge in [0.15, 0.2) is 9.84 Å². The predicted molar refractivity (Wildman–Crippen MR) is 122 cm³/mol. The Balaban J connectivity index is 1.93. The third-order valence-electron chi connectivity index (χ3n) is 4.38. The Hall–Kier alpha value is -3.51. The highest BCUT2D eigenvalue weighted by Gasteiger charge is 2.09. The molecule has 0 fully saturated rings. The maximum Gasteiger partial charge on any atom is 0.330 e. The van der Waals surface area contributed by atoms with Gasteiger partial charge in [-0.3, -0.25) is 4.98 Å². The smallest absolute Gasteiger partial charge is 0.330 e. The van der Waals surface area contributed by atoms with Crippen LogP contribution in [0.3, 0.4) is 0 Å². The third kappa shape index (κ3) is 6.76. The minimum Gasteiger partial charge on any atom is -0.463 e. The van der Waals surface area contributed by atoms with Gasteiger partial charge in [-0.05, 0) is 72.0 Å². The molecule has 0 atom stereocenters. The second-order valence-electron chi connectivity index (χ2n) is 6.79. The zero-order valence-electron chi connectivity index (χ0n) is 17.1. The number of pyridine rings is 1. The van der Waals surface area contributed by atoms with Gasteiger partial charge in [0.1, 0.15) is 0 Å². The summed E-state index contributed by atoms with van der Waals surface area (Å²) in [7, 11) is -3.56. The Bertz CT molecular complexity index is 1180. The second-order valence-corrected chi connectivity index (χ2v) is 8.63. The molecule has 0 amide bonds. The highest BCUT2D eigenvalue weighted by Crippen LogP contribution is 2.19. The van der Waals surface area contributed by atoms with Gasteiger partial charge in [-0.1, -0.05) is 36.4 Å². The van der Waals surface area contributed by atoms with E-state index in [-0.39, 0.29) is 4.90 Å².